The summed E-state index contributed by atoms with van der Waals surface area (Å²) in [5.41, 5.74) is 2.18. The Hall–Kier alpha value is -1.63. The van der Waals surface area contributed by atoms with Crippen LogP contribution in [0.3, 0.4) is 0 Å². The van der Waals surface area contributed by atoms with Crippen LogP contribution in [0, 0.1) is 6.92 Å². The Bertz CT molecular complexity index is 604. The highest BCUT2D eigenvalue weighted by molar-refractivity contribution is 7.13. The van der Waals surface area contributed by atoms with E-state index in [0.29, 0.717) is 17.2 Å². The molecular weight excluding hydrogens is 310 g/mol. The van der Waals surface area contributed by atoms with E-state index in [9.17, 15) is 9.90 Å². The predicted octanol–water partition coefficient (Wildman–Crippen LogP) is 2.72. The van der Waals surface area contributed by atoms with Crippen LogP contribution in [0.4, 0.5) is 10.8 Å². The number of carbonyl (C=O) groups excluding carboxylic acids is 1. The Morgan fingerprint density at radius 1 is 1.52 bits per heavy atom. The molecule has 2 aromatic rings. The van der Waals surface area contributed by atoms with E-state index >= 15 is 0 Å². The van der Waals surface area contributed by atoms with Crippen molar-refractivity contribution in [2.45, 2.75) is 13.0 Å². The number of carbonyl (C=O) groups is 1. The minimum absolute atomic E-state index is 0.163. The molecule has 1 aromatic carbocycles. The molecule has 3 N–H and O–H groups in total. The lowest BCUT2D eigenvalue weighted by atomic mass is 10.1. The number of halogens is 1. The number of hydrogen-bond acceptors (Lipinski definition) is 5. The first-order valence-electron chi connectivity index (χ1n) is 6.40. The van der Waals surface area contributed by atoms with Crippen LogP contribution in [0.15, 0.2) is 29.8 Å². The number of aromatic nitrogens is 1. The first-order valence-corrected chi connectivity index (χ1v) is 7.81. The number of hydrogen-bond donors (Lipinski definition) is 3. The molecule has 0 saturated heterocycles. The van der Waals surface area contributed by atoms with Crippen molar-refractivity contribution < 1.29 is 9.90 Å². The number of benzene rings is 1. The van der Waals surface area contributed by atoms with E-state index < -0.39 is 6.10 Å². The van der Waals surface area contributed by atoms with Crippen LogP contribution < -0.4 is 10.6 Å². The number of alkyl halides is 1. The highest BCUT2D eigenvalue weighted by Gasteiger charge is 2.13. The van der Waals surface area contributed by atoms with Gasteiger partial charge in [-0.1, -0.05) is 6.07 Å². The topological polar surface area (TPSA) is 74.2 Å². The second-order valence-electron chi connectivity index (χ2n) is 4.46. The van der Waals surface area contributed by atoms with Crippen molar-refractivity contribution in [2.75, 3.05) is 23.1 Å². The molecule has 0 saturated carbocycles. The highest BCUT2D eigenvalue weighted by atomic mass is 35.5. The van der Waals surface area contributed by atoms with Crippen LogP contribution in [-0.4, -0.2) is 34.5 Å². The normalized spacial score (nSPS) is 12.0. The molecule has 1 heterocycles. The molecule has 112 valence electrons. The van der Waals surface area contributed by atoms with Gasteiger partial charge >= 0.3 is 0 Å². The van der Waals surface area contributed by atoms with Crippen molar-refractivity contribution in [1.82, 2.24) is 4.98 Å². The Morgan fingerprint density at radius 2 is 2.33 bits per heavy atom. The van der Waals surface area contributed by atoms with Crippen molar-refractivity contribution in [2.24, 2.45) is 0 Å². The fourth-order valence-corrected chi connectivity index (χ4v) is 2.44. The number of nitrogens with one attached hydrogen (secondary N) is 2. The molecule has 2 rings (SSSR count). The molecule has 0 bridgehead atoms. The van der Waals surface area contributed by atoms with Crippen LogP contribution in [-0.2, 0) is 0 Å². The van der Waals surface area contributed by atoms with Gasteiger partial charge < -0.3 is 10.4 Å². The lowest BCUT2D eigenvalue weighted by Gasteiger charge is -2.14. The SMILES string of the molecule is Cc1c(NCC(O)CCl)cccc1C(=O)Nc1nccs1. The second kappa shape index (κ2) is 7.40. The van der Waals surface area contributed by atoms with Crippen LogP contribution in [0.5, 0.6) is 0 Å². The quantitative estimate of drug-likeness (QED) is 0.714. The Labute approximate surface area is 132 Å². The standard InChI is InChI=1S/C14H16ClN3O2S/c1-9-11(13(20)18-14-16-5-6-21-14)3-2-4-12(9)17-8-10(19)7-15/h2-6,10,17,19H,7-8H2,1H3,(H,16,18,20). The van der Waals surface area contributed by atoms with Gasteiger partial charge in [-0.3, -0.25) is 10.1 Å². The Kier molecular flexibility index (Phi) is 5.55. The average Bonchev–Trinajstić information content (AvgIpc) is 2.98. The van der Waals surface area contributed by atoms with E-state index in [1.54, 1.807) is 23.7 Å². The molecule has 0 radical (unpaired) electrons. The largest absolute Gasteiger partial charge is 0.390 e. The van der Waals surface area contributed by atoms with Gasteiger partial charge in [0.05, 0.1) is 12.0 Å². The number of thiazole rings is 1. The smallest absolute Gasteiger partial charge is 0.257 e. The summed E-state index contributed by atoms with van der Waals surface area (Å²) in [7, 11) is 0. The maximum Gasteiger partial charge on any atom is 0.257 e. The first-order chi connectivity index (χ1) is 10.1. The molecule has 5 nitrogen and oxygen atoms in total. The summed E-state index contributed by atoms with van der Waals surface area (Å²) in [6, 6.07) is 5.40. The summed E-state index contributed by atoms with van der Waals surface area (Å²) in [5, 5.41) is 17.7. The summed E-state index contributed by atoms with van der Waals surface area (Å²) >= 11 is 6.93. The molecule has 21 heavy (non-hydrogen) atoms. The van der Waals surface area contributed by atoms with Gasteiger partial charge in [0.25, 0.3) is 5.91 Å². The number of aliphatic hydroxyl groups excluding tert-OH is 1. The monoisotopic (exact) mass is 325 g/mol. The molecule has 0 aliphatic rings. The summed E-state index contributed by atoms with van der Waals surface area (Å²) in [6.45, 7) is 2.19. The zero-order valence-electron chi connectivity index (χ0n) is 11.5. The predicted molar refractivity (Wildman–Crippen MR) is 86.5 cm³/mol. The van der Waals surface area contributed by atoms with Crippen LogP contribution >= 0.6 is 22.9 Å². The van der Waals surface area contributed by atoms with Crippen molar-refractivity contribution in [1.29, 1.82) is 0 Å². The van der Waals surface area contributed by atoms with Crippen molar-refractivity contribution in [3.63, 3.8) is 0 Å². The van der Waals surface area contributed by atoms with Crippen LogP contribution in [0.1, 0.15) is 15.9 Å². The van der Waals surface area contributed by atoms with Gasteiger partial charge in [0, 0.05) is 29.4 Å². The lowest BCUT2D eigenvalue weighted by molar-refractivity contribution is 0.102. The Balaban J connectivity index is 2.11. The first kappa shape index (κ1) is 15.8. The van der Waals surface area contributed by atoms with Crippen molar-refractivity contribution in [3.8, 4) is 0 Å². The number of rotatable bonds is 6. The van der Waals surface area contributed by atoms with Gasteiger partial charge in [-0.15, -0.1) is 22.9 Å². The third-order valence-electron chi connectivity index (χ3n) is 2.94. The summed E-state index contributed by atoms with van der Waals surface area (Å²) in [6.07, 6.45) is 1.01. The molecule has 0 spiro atoms. The summed E-state index contributed by atoms with van der Waals surface area (Å²) in [4.78, 5) is 16.3. The van der Waals surface area contributed by atoms with Crippen LogP contribution in [0.25, 0.3) is 0 Å². The highest BCUT2D eigenvalue weighted by Crippen LogP contribution is 2.21. The molecule has 1 unspecified atom stereocenters. The summed E-state index contributed by atoms with van der Waals surface area (Å²) < 4.78 is 0. The van der Waals surface area contributed by atoms with Crippen molar-refractivity contribution >= 4 is 39.7 Å². The summed E-state index contributed by atoms with van der Waals surface area (Å²) in [5.74, 6) is -0.0417. The number of amides is 1. The fraction of sp³-hybridized carbons (Fsp3) is 0.286. The van der Waals surface area contributed by atoms with E-state index in [0.717, 1.165) is 11.3 Å². The third kappa shape index (κ3) is 4.17. The minimum Gasteiger partial charge on any atom is -0.390 e. The molecule has 1 amide bonds. The molecule has 1 aromatic heterocycles. The van der Waals surface area contributed by atoms with E-state index in [2.05, 4.69) is 15.6 Å². The molecule has 0 aliphatic heterocycles. The third-order valence-corrected chi connectivity index (χ3v) is 3.98. The maximum atomic E-state index is 12.2. The van der Waals surface area contributed by atoms with Gasteiger partial charge in [0.1, 0.15) is 0 Å². The number of nitrogens with zero attached hydrogens (tertiary/aromatic N) is 1. The zero-order chi connectivity index (χ0) is 15.2. The maximum absolute atomic E-state index is 12.2. The van der Waals surface area contributed by atoms with E-state index in [-0.39, 0.29) is 11.8 Å². The van der Waals surface area contributed by atoms with Gasteiger partial charge in [0.15, 0.2) is 5.13 Å². The molecule has 7 heteroatoms. The molecular formula is C14H16ClN3O2S. The van der Waals surface area contributed by atoms with Gasteiger partial charge in [0.2, 0.25) is 0 Å². The Morgan fingerprint density at radius 3 is 3.00 bits per heavy atom. The van der Waals surface area contributed by atoms with Crippen molar-refractivity contribution in [3.05, 3.63) is 40.9 Å². The van der Waals surface area contributed by atoms with E-state index in [4.69, 9.17) is 11.6 Å². The van der Waals surface area contributed by atoms with E-state index in [1.165, 1.54) is 11.3 Å². The zero-order valence-corrected chi connectivity index (χ0v) is 13.0. The van der Waals surface area contributed by atoms with Gasteiger partial charge in [-0.2, -0.15) is 0 Å². The number of aliphatic hydroxyl groups is 1. The van der Waals surface area contributed by atoms with Crippen LogP contribution in [0.2, 0.25) is 0 Å². The average molecular weight is 326 g/mol. The lowest BCUT2D eigenvalue weighted by Crippen LogP contribution is -2.22. The number of anilines is 2. The van der Waals surface area contributed by atoms with Gasteiger partial charge in [-0.05, 0) is 24.6 Å². The van der Waals surface area contributed by atoms with Gasteiger partial charge in [-0.25, -0.2) is 4.98 Å². The second-order valence-corrected chi connectivity index (χ2v) is 5.66. The molecule has 1 atom stereocenters. The van der Waals surface area contributed by atoms with E-state index in [1.807, 2.05) is 13.0 Å². The molecule has 0 aliphatic carbocycles. The minimum atomic E-state index is -0.626. The molecule has 0 fully saturated rings. The fourth-order valence-electron chi connectivity index (χ4n) is 1.81.